The van der Waals surface area contributed by atoms with E-state index in [1.54, 1.807) is 0 Å². The highest BCUT2D eigenvalue weighted by Gasteiger charge is 2.18. The summed E-state index contributed by atoms with van der Waals surface area (Å²) in [6.45, 7) is 3.62. The molecule has 82 valence electrons. The second kappa shape index (κ2) is 4.38. The lowest BCUT2D eigenvalue weighted by molar-refractivity contribution is 0.0963. The molecule has 1 aromatic carbocycles. The Labute approximate surface area is 86.5 Å². The van der Waals surface area contributed by atoms with E-state index in [-0.39, 0.29) is 17.9 Å². The number of benzene rings is 1. The molecule has 0 aliphatic carbocycles. The Morgan fingerprint density at radius 2 is 1.93 bits per heavy atom. The number of rotatable bonds is 3. The Hall–Kier alpha value is -1.45. The average Bonchev–Trinajstić information content (AvgIpc) is 2.13. The fraction of sp³-hybridized carbons (Fsp3) is 0.364. The molecule has 0 spiro atoms. The molecule has 0 heterocycles. The van der Waals surface area contributed by atoms with Gasteiger partial charge < -0.3 is 5.11 Å². The lowest BCUT2D eigenvalue weighted by Gasteiger charge is -2.06. The largest absolute Gasteiger partial charge is 0.505 e. The Balaban J connectivity index is 3.06. The molecule has 0 aromatic heterocycles. The first-order valence-electron chi connectivity index (χ1n) is 4.63. The molecule has 0 unspecified atom stereocenters. The molecular formula is C11H12F2O2. The van der Waals surface area contributed by atoms with Crippen molar-refractivity contribution in [3.05, 3.63) is 29.3 Å². The van der Waals surface area contributed by atoms with Crippen LogP contribution in [0.15, 0.2) is 12.1 Å². The molecule has 0 saturated carbocycles. The van der Waals surface area contributed by atoms with Crippen molar-refractivity contribution >= 4 is 5.78 Å². The standard InChI is InChI=1S/C11H12F2O2/c1-6(2)5-9(15)7-3-4-8(14)11(13)10(7)12/h3-4,6,14H,5H2,1-2H3. The second-order valence-electron chi connectivity index (χ2n) is 3.78. The zero-order valence-corrected chi connectivity index (χ0v) is 8.55. The van der Waals surface area contributed by atoms with Gasteiger partial charge in [-0.2, -0.15) is 4.39 Å². The number of aromatic hydroxyl groups is 1. The minimum absolute atomic E-state index is 0.0776. The fourth-order valence-corrected chi connectivity index (χ4v) is 1.24. The first-order valence-corrected chi connectivity index (χ1v) is 4.63. The SMILES string of the molecule is CC(C)CC(=O)c1ccc(O)c(F)c1F. The normalized spacial score (nSPS) is 10.7. The minimum Gasteiger partial charge on any atom is -0.505 e. The van der Waals surface area contributed by atoms with Crippen molar-refractivity contribution in [2.45, 2.75) is 20.3 Å². The predicted octanol–water partition coefficient (Wildman–Crippen LogP) is 2.90. The average molecular weight is 214 g/mol. The van der Waals surface area contributed by atoms with Crippen LogP contribution in [0.25, 0.3) is 0 Å². The van der Waals surface area contributed by atoms with Gasteiger partial charge in [-0.15, -0.1) is 0 Å². The van der Waals surface area contributed by atoms with Crippen LogP contribution in [0.5, 0.6) is 5.75 Å². The van der Waals surface area contributed by atoms with Crippen LogP contribution in [0.1, 0.15) is 30.6 Å². The van der Waals surface area contributed by atoms with Gasteiger partial charge in [-0.1, -0.05) is 13.8 Å². The van der Waals surface area contributed by atoms with Gasteiger partial charge in [0.25, 0.3) is 0 Å². The number of hydrogen-bond donors (Lipinski definition) is 1. The van der Waals surface area contributed by atoms with Crippen LogP contribution in [-0.4, -0.2) is 10.9 Å². The first-order chi connectivity index (χ1) is 6.93. The first kappa shape index (κ1) is 11.6. The van der Waals surface area contributed by atoms with Gasteiger partial charge in [0.1, 0.15) is 0 Å². The molecule has 1 aromatic rings. The van der Waals surface area contributed by atoms with Crippen molar-refractivity contribution in [2.24, 2.45) is 5.92 Å². The Morgan fingerprint density at radius 3 is 2.47 bits per heavy atom. The molecular weight excluding hydrogens is 202 g/mol. The van der Waals surface area contributed by atoms with E-state index in [0.29, 0.717) is 0 Å². The number of halogens is 2. The molecule has 0 radical (unpaired) electrons. The van der Waals surface area contributed by atoms with Crippen molar-refractivity contribution in [3.8, 4) is 5.75 Å². The minimum atomic E-state index is -1.37. The number of carbonyl (C=O) groups excluding carboxylic acids is 1. The van der Waals surface area contributed by atoms with Crippen LogP contribution < -0.4 is 0 Å². The number of hydrogen-bond acceptors (Lipinski definition) is 2. The molecule has 0 bridgehead atoms. The van der Waals surface area contributed by atoms with Crippen LogP contribution >= 0.6 is 0 Å². The summed E-state index contributed by atoms with van der Waals surface area (Å²) in [5.41, 5.74) is -0.306. The Kier molecular flexibility index (Phi) is 3.39. The number of Topliss-reactive ketones (excluding diaryl/α,β-unsaturated/α-hetero) is 1. The molecule has 1 N–H and O–H groups in total. The predicted molar refractivity (Wildman–Crippen MR) is 51.8 cm³/mol. The maximum atomic E-state index is 13.2. The van der Waals surface area contributed by atoms with Crippen LogP contribution in [0, 0.1) is 17.6 Å². The number of phenolic OH excluding ortho intramolecular Hbond substituents is 1. The molecule has 2 nitrogen and oxygen atoms in total. The lowest BCUT2D eigenvalue weighted by atomic mass is 10.0. The van der Waals surface area contributed by atoms with Gasteiger partial charge in [0.05, 0.1) is 5.56 Å². The van der Waals surface area contributed by atoms with Crippen LogP contribution in [0.4, 0.5) is 8.78 Å². The zero-order valence-electron chi connectivity index (χ0n) is 8.55. The highest BCUT2D eigenvalue weighted by atomic mass is 19.2. The molecule has 0 amide bonds. The quantitative estimate of drug-likeness (QED) is 0.785. The van der Waals surface area contributed by atoms with Crippen molar-refractivity contribution in [3.63, 3.8) is 0 Å². The lowest BCUT2D eigenvalue weighted by Crippen LogP contribution is -2.07. The second-order valence-corrected chi connectivity index (χ2v) is 3.78. The Morgan fingerprint density at radius 1 is 1.33 bits per heavy atom. The highest BCUT2D eigenvalue weighted by Crippen LogP contribution is 2.22. The number of ketones is 1. The fourth-order valence-electron chi connectivity index (χ4n) is 1.24. The van der Waals surface area contributed by atoms with Gasteiger partial charge in [-0.3, -0.25) is 4.79 Å². The zero-order chi connectivity index (χ0) is 11.6. The van der Waals surface area contributed by atoms with Gasteiger partial charge in [0.2, 0.25) is 5.82 Å². The van der Waals surface area contributed by atoms with E-state index in [0.717, 1.165) is 12.1 Å². The van der Waals surface area contributed by atoms with Gasteiger partial charge in [-0.05, 0) is 18.1 Å². The molecule has 4 heteroatoms. The summed E-state index contributed by atoms with van der Waals surface area (Å²) >= 11 is 0. The van der Waals surface area contributed by atoms with Gasteiger partial charge in [0.15, 0.2) is 17.3 Å². The third-order valence-corrected chi connectivity index (χ3v) is 1.96. The van der Waals surface area contributed by atoms with Gasteiger partial charge >= 0.3 is 0 Å². The maximum absolute atomic E-state index is 13.2. The van der Waals surface area contributed by atoms with E-state index in [1.807, 2.05) is 13.8 Å². The van der Waals surface area contributed by atoms with E-state index in [4.69, 9.17) is 5.11 Å². The monoisotopic (exact) mass is 214 g/mol. The molecule has 0 atom stereocenters. The van der Waals surface area contributed by atoms with E-state index < -0.39 is 23.2 Å². The molecule has 0 aliphatic heterocycles. The van der Waals surface area contributed by atoms with E-state index in [9.17, 15) is 13.6 Å². The summed E-state index contributed by atoms with van der Waals surface area (Å²) in [5.74, 6) is -3.81. The molecule has 0 fully saturated rings. The third kappa shape index (κ3) is 2.52. The van der Waals surface area contributed by atoms with E-state index in [2.05, 4.69) is 0 Å². The topological polar surface area (TPSA) is 37.3 Å². The van der Waals surface area contributed by atoms with Crippen molar-refractivity contribution in [2.75, 3.05) is 0 Å². The number of phenols is 1. The number of carbonyl (C=O) groups is 1. The van der Waals surface area contributed by atoms with E-state index in [1.165, 1.54) is 0 Å². The summed E-state index contributed by atoms with van der Waals surface area (Å²) in [7, 11) is 0. The maximum Gasteiger partial charge on any atom is 0.201 e. The van der Waals surface area contributed by atoms with Gasteiger partial charge in [0, 0.05) is 6.42 Å². The van der Waals surface area contributed by atoms with Crippen LogP contribution in [0.2, 0.25) is 0 Å². The molecule has 15 heavy (non-hydrogen) atoms. The summed E-state index contributed by atoms with van der Waals surface area (Å²) in [5, 5.41) is 8.86. The van der Waals surface area contributed by atoms with E-state index >= 15 is 0 Å². The molecule has 1 rings (SSSR count). The van der Waals surface area contributed by atoms with Gasteiger partial charge in [-0.25, -0.2) is 4.39 Å². The van der Waals surface area contributed by atoms with Crippen molar-refractivity contribution in [1.29, 1.82) is 0 Å². The Bertz CT molecular complexity index is 386. The van der Waals surface area contributed by atoms with Crippen molar-refractivity contribution < 1.29 is 18.7 Å². The van der Waals surface area contributed by atoms with Crippen molar-refractivity contribution in [1.82, 2.24) is 0 Å². The summed E-state index contributed by atoms with van der Waals surface area (Å²) < 4.78 is 26.1. The van der Waals surface area contributed by atoms with Crippen LogP contribution in [0.3, 0.4) is 0 Å². The summed E-state index contributed by atoms with van der Waals surface area (Å²) in [6, 6.07) is 2.07. The summed E-state index contributed by atoms with van der Waals surface area (Å²) in [6.07, 6.45) is 0.154. The highest BCUT2D eigenvalue weighted by molar-refractivity contribution is 5.96. The third-order valence-electron chi connectivity index (χ3n) is 1.96. The molecule has 0 saturated heterocycles. The molecule has 0 aliphatic rings. The summed E-state index contributed by atoms with van der Waals surface area (Å²) in [4.78, 5) is 11.5. The smallest absolute Gasteiger partial charge is 0.201 e. The van der Waals surface area contributed by atoms with Crippen LogP contribution in [-0.2, 0) is 0 Å².